The third-order valence-corrected chi connectivity index (χ3v) is 4.47. The van der Waals surface area contributed by atoms with E-state index in [1.807, 2.05) is 0 Å². The van der Waals surface area contributed by atoms with Crippen LogP contribution in [-0.2, 0) is 0 Å². The van der Waals surface area contributed by atoms with Crippen LogP contribution in [0.4, 0.5) is 0 Å². The molecule has 1 N–H and O–H groups in total. The lowest BCUT2D eigenvalue weighted by Gasteiger charge is -2.35. The highest BCUT2D eigenvalue weighted by atomic mass is 15.2. The molecular weight excluding hydrogens is 222 g/mol. The van der Waals surface area contributed by atoms with E-state index in [1.54, 1.807) is 0 Å². The summed E-state index contributed by atoms with van der Waals surface area (Å²) < 4.78 is 0. The van der Waals surface area contributed by atoms with Gasteiger partial charge in [0.05, 0.1) is 0 Å². The minimum Gasteiger partial charge on any atom is -0.317 e. The van der Waals surface area contributed by atoms with Gasteiger partial charge in [-0.2, -0.15) is 0 Å². The van der Waals surface area contributed by atoms with Crippen LogP contribution in [0.2, 0.25) is 0 Å². The molecule has 1 unspecified atom stereocenters. The van der Waals surface area contributed by atoms with Gasteiger partial charge in [0.1, 0.15) is 0 Å². The number of nitrogens with one attached hydrogen (secondary N) is 1. The number of hydrogen-bond donors (Lipinski definition) is 1. The molecule has 0 bridgehead atoms. The van der Waals surface area contributed by atoms with Crippen molar-refractivity contribution < 1.29 is 0 Å². The Morgan fingerprint density at radius 1 is 0.944 bits per heavy atom. The van der Waals surface area contributed by atoms with E-state index in [9.17, 15) is 0 Å². The van der Waals surface area contributed by atoms with Crippen molar-refractivity contribution in [1.29, 1.82) is 0 Å². The first kappa shape index (κ1) is 14.3. The first-order valence-electron chi connectivity index (χ1n) is 8.04. The second-order valence-electron chi connectivity index (χ2n) is 6.02. The quantitative estimate of drug-likeness (QED) is 0.778. The molecule has 2 saturated heterocycles. The van der Waals surface area contributed by atoms with E-state index in [2.05, 4.69) is 22.0 Å². The molecule has 0 aliphatic carbocycles. The second-order valence-corrected chi connectivity index (χ2v) is 6.02. The molecule has 0 aromatic heterocycles. The van der Waals surface area contributed by atoms with E-state index in [1.165, 1.54) is 77.9 Å². The fourth-order valence-corrected chi connectivity index (χ4v) is 3.34. The average Bonchev–Trinajstić information content (AvgIpc) is 2.44. The van der Waals surface area contributed by atoms with Crippen LogP contribution < -0.4 is 5.32 Å². The first-order chi connectivity index (χ1) is 8.88. The van der Waals surface area contributed by atoms with Crippen LogP contribution in [0, 0.1) is 5.92 Å². The molecule has 0 spiro atoms. The smallest absolute Gasteiger partial charge is 0.0109 e. The molecule has 2 aliphatic rings. The molecule has 0 aromatic carbocycles. The largest absolute Gasteiger partial charge is 0.317 e. The standard InChI is InChI=1S/C15H31N3/c1-2-16-13-15-7-6-10-18(14-15)12-11-17-8-4-3-5-9-17/h15-16H,2-14H2,1H3. The summed E-state index contributed by atoms with van der Waals surface area (Å²) in [7, 11) is 0. The van der Waals surface area contributed by atoms with Crippen LogP contribution in [0.3, 0.4) is 0 Å². The van der Waals surface area contributed by atoms with E-state index in [0.29, 0.717) is 0 Å². The molecular formula is C15H31N3. The summed E-state index contributed by atoms with van der Waals surface area (Å²) in [5, 5.41) is 3.51. The lowest BCUT2D eigenvalue weighted by molar-refractivity contribution is 0.138. The summed E-state index contributed by atoms with van der Waals surface area (Å²) >= 11 is 0. The van der Waals surface area contributed by atoms with Crippen molar-refractivity contribution in [2.24, 2.45) is 5.92 Å². The Morgan fingerprint density at radius 2 is 1.67 bits per heavy atom. The lowest BCUT2D eigenvalue weighted by Crippen LogP contribution is -2.44. The van der Waals surface area contributed by atoms with Gasteiger partial charge in [-0.05, 0) is 64.3 Å². The lowest BCUT2D eigenvalue weighted by atomic mass is 9.98. The number of likely N-dealkylation sites (tertiary alicyclic amines) is 2. The summed E-state index contributed by atoms with van der Waals surface area (Å²) in [5.74, 6) is 0.889. The van der Waals surface area contributed by atoms with Crippen molar-refractivity contribution in [1.82, 2.24) is 15.1 Å². The van der Waals surface area contributed by atoms with E-state index in [0.717, 1.165) is 12.5 Å². The van der Waals surface area contributed by atoms with Crippen LogP contribution in [0.5, 0.6) is 0 Å². The van der Waals surface area contributed by atoms with Crippen molar-refractivity contribution in [2.45, 2.75) is 39.0 Å². The van der Waals surface area contributed by atoms with E-state index in [4.69, 9.17) is 0 Å². The monoisotopic (exact) mass is 253 g/mol. The summed E-state index contributed by atoms with van der Waals surface area (Å²) in [6.07, 6.45) is 7.11. The summed E-state index contributed by atoms with van der Waals surface area (Å²) in [5.41, 5.74) is 0. The molecule has 0 aromatic rings. The van der Waals surface area contributed by atoms with Gasteiger partial charge in [0.15, 0.2) is 0 Å². The Hall–Kier alpha value is -0.120. The van der Waals surface area contributed by atoms with Crippen LogP contribution in [-0.4, -0.2) is 62.2 Å². The minimum absolute atomic E-state index is 0.889. The van der Waals surface area contributed by atoms with Gasteiger partial charge in [-0.3, -0.25) is 0 Å². The third kappa shape index (κ3) is 4.87. The molecule has 2 aliphatic heterocycles. The Kier molecular flexibility index (Phi) is 6.46. The van der Waals surface area contributed by atoms with Crippen LogP contribution in [0.25, 0.3) is 0 Å². The second kappa shape index (κ2) is 8.13. The Bertz CT molecular complexity index is 214. The molecule has 3 nitrogen and oxygen atoms in total. The van der Waals surface area contributed by atoms with Crippen LogP contribution in [0.1, 0.15) is 39.0 Å². The van der Waals surface area contributed by atoms with Crippen molar-refractivity contribution in [3.63, 3.8) is 0 Å². The van der Waals surface area contributed by atoms with Gasteiger partial charge in [-0.25, -0.2) is 0 Å². The Labute approximate surface area is 113 Å². The average molecular weight is 253 g/mol. The molecule has 0 radical (unpaired) electrons. The SMILES string of the molecule is CCNCC1CCCN(CCN2CCCCC2)C1. The minimum atomic E-state index is 0.889. The zero-order valence-electron chi connectivity index (χ0n) is 12.2. The highest BCUT2D eigenvalue weighted by Crippen LogP contribution is 2.16. The van der Waals surface area contributed by atoms with Gasteiger partial charge in [0.2, 0.25) is 0 Å². The number of piperidine rings is 2. The molecule has 18 heavy (non-hydrogen) atoms. The van der Waals surface area contributed by atoms with Gasteiger partial charge in [-0.15, -0.1) is 0 Å². The first-order valence-corrected chi connectivity index (χ1v) is 8.04. The molecule has 0 saturated carbocycles. The highest BCUT2D eigenvalue weighted by Gasteiger charge is 2.20. The molecule has 3 heteroatoms. The molecule has 1 atom stereocenters. The van der Waals surface area contributed by atoms with Crippen LogP contribution >= 0.6 is 0 Å². The fraction of sp³-hybridized carbons (Fsp3) is 1.00. The molecule has 0 amide bonds. The van der Waals surface area contributed by atoms with Gasteiger partial charge < -0.3 is 15.1 Å². The van der Waals surface area contributed by atoms with Gasteiger partial charge >= 0.3 is 0 Å². The van der Waals surface area contributed by atoms with Crippen LogP contribution in [0.15, 0.2) is 0 Å². The van der Waals surface area contributed by atoms with Gasteiger partial charge in [0, 0.05) is 19.6 Å². The van der Waals surface area contributed by atoms with Crippen molar-refractivity contribution >= 4 is 0 Å². The summed E-state index contributed by atoms with van der Waals surface area (Å²) in [6.45, 7) is 12.5. The topological polar surface area (TPSA) is 18.5 Å². The third-order valence-electron chi connectivity index (χ3n) is 4.47. The van der Waals surface area contributed by atoms with Crippen molar-refractivity contribution in [3.8, 4) is 0 Å². The normalized spacial score (nSPS) is 27.5. The summed E-state index contributed by atoms with van der Waals surface area (Å²) in [6, 6.07) is 0. The van der Waals surface area contributed by atoms with E-state index >= 15 is 0 Å². The van der Waals surface area contributed by atoms with Crippen molar-refractivity contribution in [3.05, 3.63) is 0 Å². The van der Waals surface area contributed by atoms with E-state index in [-0.39, 0.29) is 0 Å². The van der Waals surface area contributed by atoms with Gasteiger partial charge in [-0.1, -0.05) is 13.3 Å². The maximum Gasteiger partial charge on any atom is 0.0109 e. The zero-order valence-corrected chi connectivity index (χ0v) is 12.2. The molecule has 2 rings (SSSR count). The molecule has 106 valence electrons. The molecule has 2 heterocycles. The van der Waals surface area contributed by atoms with E-state index < -0.39 is 0 Å². The maximum absolute atomic E-state index is 3.51. The zero-order chi connectivity index (χ0) is 12.6. The molecule has 2 fully saturated rings. The Balaban J connectivity index is 1.62. The summed E-state index contributed by atoms with van der Waals surface area (Å²) in [4.78, 5) is 5.36. The predicted molar refractivity (Wildman–Crippen MR) is 78.0 cm³/mol. The highest BCUT2D eigenvalue weighted by molar-refractivity contribution is 4.76. The number of hydrogen-bond acceptors (Lipinski definition) is 3. The fourth-order valence-electron chi connectivity index (χ4n) is 3.34. The maximum atomic E-state index is 3.51. The van der Waals surface area contributed by atoms with Crippen molar-refractivity contribution in [2.75, 3.05) is 52.4 Å². The Morgan fingerprint density at radius 3 is 2.44 bits per heavy atom. The predicted octanol–water partition coefficient (Wildman–Crippen LogP) is 1.79. The number of rotatable bonds is 6. The number of nitrogens with zero attached hydrogens (tertiary/aromatic N) is 2. The van der Waals surface area contributed by atoms with Gasteiger partial charge in [0.25, 0.3) is 0 Å².